The Labute approximate surface area is 213 Å². The molecule has 0 aliphatic rings. The first-order valence-electron chi connectivity index (χ1n) is 11.7. The Kier molecular flexibility index (Phi) is 6.69. The van der Waals surface area contributed by atoms with E-state index in [0.717, 1.165) is 38.3 Å². The van der Waals surface area contributed by atoms with Gasteiger partial charge in [0.1, 0.15) is 11.7 Å². The molecule has 0 fully saturated rings. The Balaban J connectivity index is 1.41. The molecule has 8 heteroatoms. The number of thiophene rings is 1. The van der Waals surface area contributed by atoms with Crippen LogP contribution in [0.4, 0.5) is 0 Å². The van der Waals surface area contributed by atoms with Gasteiger partial charge in [-0.2, -0.15) is 5.10 Å². The van der Waals surface area contributed by atoms with Gasteiger partial charge in [-0.15, -0.1) is 11.3 Å². The van der Waals surface area contributed by atoms with Gasteiger partial charge in [-0.05, 0) is 35.2 Å². The first-order valence-corrected chi connectivity index (χ1v) is 12.6. The zero-order valence-corrected chi connectivity index (χ0v) is 21.0. The molecular weight excluding hydrogens is 470 g/mol. The molecule has 3 aromatic heterocycles. The van der Waals surface area contributed by atoms with Crippen molar-refractivity contribution in [3.05, 3.63) is 95.6 Å². The predicted octanol–water partition coefficient (Wildman–Crippen LogP) is 4.79. The van der Waals surface area contributed by atoms with Gasteiger partial charge in [0.2, 0.25) is 11.8 Å². The molecule has 1 unspecified atom stereocenters. The Hall–Kier alpha value is -4.17. The smallest absolute Gasteiger partial charge is 0.245 e. The van der Waals surface area contributed by atoms with E-state index in [9.17, 15) is 9.59 Å². The highest BCUT2D eigenvalue weighted by Crippen LogP contribution is 2.29. The number of amides is 2. The maximum absolute atomic E-state index is 13.6. The lowest BCUT2D eigenvalue weighted by atomic mass is 10.0. The molecule has 0 spiro atoms. The van der Waals surface area contributed by atoms with Crippen LogP contribution in [0, 0.1) is 0 Å². The Bertz CT molecular complexity index is 1490. The quantitative estimate of drug-likeness (QED) is 0.323. The number of aromatic nitrogens is 3. The third-order valence-electron chi connectivity index (χ3n) is 6.12. The summed E-state index contributed by atoms with van der Waals surface area (Å²) in [5, 5.41) is 10.8. The third kappa shape index (κ3) is 4.94. The number of H-pyrrole nitrogens is 1. The number of rotatable bonds is 8. The lowest BCUT2D eigenvalue weighted by Crippen LogP contribution is -2.47. The van der Waals surface area contributed by atoms with E-state index in [1.165, 1.54) is 6.92 Å². The van der Waals surface area contributed by atoms with Gasteiger partial charge in [0.05, 0.1) is 10.6 Å². The monoisotopic (exact) mass is 497 g/mol. The Morgan fingerprint density at radius 2 is 1.83 bits per heavy atom. The maximum atomic E-state index is 13.6. The van der Waals surface area contributed by atoms with E-state index in [-0.39, 0.29) is 11.8 Å². The van der Waals surface area contributed by atoms with Crippen LogP contribution in [0.2, 0.25) is 0 Å². The summed E-state index contributed by atoms with van der Waals surface area (Å²) in [6.07, 6.45) is 4.28. The Morgan fingerprint density at radius 3 is 2.58 bits per heavy atom. The predicted molar refractivity (Wildman–Crippen MR) is 143 cm³/mol. The molecule has 1 atom stereocenters. The first-order chi connectivity index (χ1) is 17.5. The normalized spacial score (nSPS) is 11.9. The topological polar surface area (TPSA) is 83.0 Å². The molecule has 36 heavy (non-hydrogen) atoms. The van der Waals surface area contributed by atoms with Gasteiger partial charge in [0.25, 0.3) is 0 Å². The van der Waals surface area contributed by atoms with Crippen molar-refractivity contribution in [2.24, 2.45) is 0 Å². The fourth-order valence-corrected chi connectivity index (χ4v) is 5.17. The molecule has 0 radical (unpaired) electrons. The molecule has 2 amide bonds. The van der Waals surface area contributed by atoms with Crippen LogP contribution in [0.1, 0.15) is 18.1 Å². The summed E-state index contributed by atoms with van der Waals surface area (Å²) in [7, 11) is 1.77. The van der Waals surface area contributed by atoms with E-state index in [2.05, 4.69) is 10.3 Å². The van der Waals surface area contributed by atoms with Crippen LogP contribution in [0.15, 0.2) is 84.5 Å². The van der Waals surface area contributed by atoms with E-state index in [4.69, 9.17) is 5.10 Å². The van der Waals surface area contributed by atoms with Crippen LogP contribution in [-0.4, -0.2) is 44.6 Å². The first kappa shape index (κ1) is 23.6. The van der Waals surface area contributed by atoms with E-state index in [1.54, 1.807) is 23.3 Å². The lowest BCUT2D eigenvalue weighted by molar-refractivity contribution is -0.135. The fourth-order valence-electron chi connectivity index (χ4n) is 4.42. The average molecular weight is 498 g/mol. The molecule has 182 valence electrons. The van der Waals surface area contributed by atoms with Crippen molar-refractivity contribution in [2.75, 3.05) is 7.05 Å². The summed E-state index contributed by atoms with van der Waals surface area (Å²) < 4.78 is 1.85. The van der Waals surface area contributed by atoms with Crippen LogP contribution < -0.4 is 5.32 Å². The van der Waals surface area contributed by atoms with Crippen LogP contribution in [0.25, 0.3) is 27.2 Å². The highest BCUT2D eigenvalue weighted by atomic mass is 32.1. The number of hydrogen-bond donors (Lipinski definition) is 2. The van der Waals surface area contributed by atoms with Gasteiger partial charge in [-0.1, -0.05) is 42.5 Å². The molecule has 5 aromatic rings. The second-order valence-corrected chi connectivity index (χ2v) is 9.72. The number of benzene rings is 2. The van der Waals surface area contributed by atoms with E-state index >= 15 is 0 Å². The SMILES string of the molecule is CC(=O)NC(Cc1c[nH]c2ccccc12)C(=O)N(C)Cc1cn(-c2ccccc2)nc1-c1cccs1. The molecule has 7 nitrogen and oxygen atoms in total. The van der Waals surface area contributed by atoms with Crippen molar-refractivity contribution in [1.82, 2.24) is 25.0 Å². The van der Waals surface area contributed by atoms with E-state index in [1.807, 2.05) is 89.2 Å². The summed E-state index contributed by atoms with van der Waals surface area (Å²) in [5.74, 6) is -0.391. The molecule has 3 heterocycles. The summed E-state index contributed by atoms with van der Waals surface area (Å²) in [6.45, 7) is 1.80. The van der Waals surface area contributed by atoms with Gasteiger partial charge in [-0.25, -0.2) is 4.68 Å². The van der Waals surface area contributed by atoms with Crippen molar-refractivity contribution in [3.63, 3.8) is 0 Å². The minimum absolute atomic E-state index is 0.153. The highest BCUT2D eigenvalue weighted by Gasteiger charge is 2.26. The molecule has 2 aromatic carbocycles. The molecule has 2 N–H and O–H groups in total. The zero-order chi connectivity index (χ0) is 25.1. The number of hydrogen-bond acceptors (Lipinski definition) is 4. The van der Waals surface area contributed by atoms with Crippen LogP contribution in [0.5, 0.6) is 0 Å². The number of aromatic amines is 1. The number of likely N-dealkylation sites (N-methyl/N-ethyl adjacent to an activating group) is 1. The number of nitrogens with zero attached hydrogens (tertiary/aromatic N) is 3. The number of carbonyl (C=O) groups excluding carboxylic acids is 2. The Morgan fingerprint density at radius 1 is 1.06 bits per heavy atom. The molecule has 5 rings (SSSR count). The molecule has 0 bridgehead atoms. The number of nitrogens with one attached hydrogen (secondary N) is 2. The standard InChI is InChI=1S/C28H27N5O2S/c1-19(34)30-25(15-20-16-29-24-12-7-6-11-23(20)24)28(35)32(2)17-21-18-33(22-9-4-3-5-10-22)31-27(21)26-13-8-14-36-26/h3-14,16,18,25,29H,15,17H2,1-2H3,(H,30,34). The number of para-hydroxylation sites is 2. The number of fused-ring (bicyclic) bond motifs is 1. The second kappa shape index (κ2) is 10.2. The van der Waals surface area contributed by atoms with Gasteiger partial charge < -0.3 is 15.2 Å². The fraction of sp³-hybridized carbons (Fsp3) is 0.179. The van der Waals surface area contributed by atoms with Crippen molar-refractivity contribution in [2.45, 2.75) is 25.9 Å². The summed E-state index contributed by atoms with van der Waals surface area (Å²) >= 11 is 1.61. The van der Waals surface area contributed by atoms with Gasteiger partial charge in [0.15, 0.2) is 0 Å². The summed E-state index contributed by atoms with van der Waals surface area (Å²) in [5.41, 5.74) is 4.73. The van der Waals surface area contributed by atoms with Gasteiger partial charge >= 0.3 is 0 Å². The molecular formula is C28H27N5O2S. The second-order valence-electron chi connectivity index (χ2n) is 8.77. The van der Waals surface area contributed by atoms with Crippen molar-refractivity contribution >= 4 is 34.1 Å². The minimum atomic E-state index is -0.680. The maximum Gasteiger partial charge on any atom is 0.245 e. The largest absolute Gasteiger partial charge is 0.361 e. The van der Waals surface area contributed by atoms with Crippen molar-refractivity contribution < 1.29 is 9.59 Å². The molecule has 0 saturated heterocycles. The van der Waals surface area contributed by atoms with E-state index in [0.29, 0.717) is 13.0 Å². The lowest BCUT2D eigenvalue weighted by Gasteiger charge is -2.24. The third-order valence-corrected chi connectivity index (χ3v) is 7.00. The zero-order valence-electron chi connectivity index (χ0n) is 20.1. The average Bonchev–Trinajstić information content (AvgIpc) is 3.64. The highest BCUT2D eigenvalue weighted by molar-refractivity contribution is 7.13. The van der Waals surface area contributed by atoms with Crippen LogP contribution in [0.3, 0.4) is 0 Å². The summed E-state index contributed by atoms with van der Waals surface area (Å²) in [6, 6.07) is 21.2. The number of carbonyl (C=O) groups is 2. The van der Waals surface area contributed by atoms with Crippen molar-refractivity contribution in [1.29, 1.82) is 0 Å². The summed E-state index contributed by atoms with van der Waals surface area (Å²) in [4.78, 5) is 31.6. The van der Waals surface area contributed by atoms with Crippen molar-refractivity contribution in [3.8, 4) is 16.3 Å². The van der Waals surface area contributed by atoms with Crippen LogP contribution in [-0.2, 0) is 22.6 Å². The molecule has 0 aliphatic heterocycles. The minimum Gasteiger partial charge on any atom is -0.361 e. The molecule has 0 saturated carbocycles. The van der Waals surface area contributed by atoms with E-state index < -0.39 is 6.04 Å². The van der Waals surface area contributed by atoms with Crippen LogP contribution >= 0.6 is 11.3 Å². The van der Waals surface area contributed by atoms with Gasteiger partial charge in [0, 0.05) is 55.8 Å². The molecule has 0 aliphatic carbocycles. The van der Waals surface area contributed by atoms with Gasteiger partial charge in [-0.3, -0.25) is 9.59 Å².